The monoisotopic (exact) mass is 376 g/mol. The maximum Gasteiger partial charge on any atom is 0.254 e. The molecule has 3 aromatic rings. The molecule has 28 heavy (non-hydrogen) atoms. The van der Waals surface area contributed by atoms with Crippen molar-refractivity contribution in [1.82, 2.24) is 19.4 Å². The van der Waals surface area contributed by atoms with E-state index in [2.05, 4.69) is 40.5 Å². The Labute approximate surface area is 166 Å². The zero-order valence-electron chi connectivity index (χ0n) is 17.0. The maximum absolute atomic E-state index is 13.5. The van der Waals surface area contributed by atoms with E-state index in [0.29, 0.717) is 5.92 Å². The standard InChI is InChI=1S/C23H28N4O/c1-4-17-8-9-21-19(14-17)20(13-16(3)25-21)23(28)27-11-6-7-18(15-27)22-24-10-12-26(22)5-2/h8-10,12-14,18H,4-7,11,15H2,1-3H3. The first-order chi connectivity index (χ1) is 13.6. The second-order valence-corrected chi connectivity index (χ2v) is 7.68. The summed E-state index contributed by atoms with van der Waals surface area (Å²) in [7, 11) is 0. The van der Waals surface area contributed by atoms with Crippen LogP contribution in [0.5, 0.6) is 0 Å². The van der Waals surface area contributed by atoms with Crippen LogP contribution in [0.2, 0.25) is 0 Å². The fourth-order valence-electron chi connectivity index (χ4n) is 4.29. The number of hydrogen-bond donors (Lipinski definition) is 0. The maximum atomic E-state index is 13.5. The molecule has 5 heteroatoms. The van der Waals surface area contributed by atoms with Crippen molar-refractivity contribution in [3.63, 3.8) is 0 Å². The Morgan fingerprint density at radius 3 is 2.89 bits per heavy atom. The Morgan fingerprint density at radius 2 is 2.11 bits per heavy atom. The lowest BCUT2D eigenvalue weighted by Crippen LogP contribution is -2.40. The van der Waals surface area contributed by atoms with Gasteiger partial charge in [0, 0.05) is 49.0 Å². The van der Waals surface area contributed by atoms with Crippen molar-refractivity contribution in [3.05, 3.63) is 59.3 Å². The van der Waals surface area contributed by atoms with Gasteiger partial charge in [0.15, 0.2) is 0 Å². The molecule has 1 unspecified atom stereocenters. The number of likely N-dealkylation sites (tertiary alicyclic amines) is 1. The summed E-state index contributed by atoms with van der Waals surface area (Å²) in [6.07, 6.45) is 6.93. The number of amides is 1. The van der Waals surface area contributed by atoms with E-state index in [1.54, 1.807) is 0 Å². The molecule has 5 nitrogen and oxygen atoms in total. The van der Waals surface area contributed by atoms with Gasteiger partial charge in [-0.25, -0.2) is 4.98 Å². The smallest absolute Gasteiger partial charge is 0.254 e. The van der Waals surface area contributed by atoms with Crippen molar-refractivity contribution in [2.24, 2.45) is 0 Å². The normalized spacial score (nSPS) is 17.2. The molecule has 4 rings (SSSR count). The van der Waals surface area contributed by atoms with Crippen molar-refractivity contribution < 1.29 is 4.79 Å². The van der Waals surface area contributed by atoms with Gasteiger partial charge in [0.2, 0.25) is 0 Å². The molecule has 0 radical (unpaired) electrons. The van der Waals surface area contributed by atoms with Crippen molar-refractivity contribution in [2.75, 3.05) is 13.1 Å². The first-order valence-corrected chi connectivity index (χ1v) is 10.3. The van der Waals surface area contributed by atoms with Crippen LogP contribution in [0, 0.1) is 6.92 Å². The van der Waals surface area contributed by atoms with Gasteiger partial charge in [-0.3, -0.25) is 9.78 Å². The van der Waals surface area contributed by atoms with Crippen LogP contribution in [0.25, 0.3) is 10.9 Å². The number of rotatable bonds is 4. The summed E-state index contributed by atoms with van der Waals surface area (Å²) >= 11 is 0. The number of hydrogen-bond acceptors (Lipinski definition) is 3. The lowest BCUT2D eigenvalue weighted by atomic mass is 9.95. The van der Waals surface area contributed by atoms with E-state index in [1.165, 1.54) is 5.56 Å². The van der Waals surface area contributed by atoms with E-state index in [0.717, 1.165) is 66.9 Å². The Hall–Kier alpha value is -2.69. The number of benzene rings is 1. The van der Waals surface area contributed by atoms with Crippen LogP contribution in [-0.2, 0) is 13.0 Å². The summed E-state index contributed by atoms with van der Waals surface area (Å²) < 4.78 is 2.19. The van der Waals surface area contributed by atoms with Crippen LogP contribution in [0.15, 0.2) is 36.7 Å². The van der Waals surface area contributed by atoms with Gasteiger partial charge < -0.3 is 9.47 Å². The molecule has 1 amide bonds. The molecule has 0 spiro atoms. The lowest BCUT2D eigenvalue weighted by molar-refractivity contribution is 0.0705. The third-order valence-corrected chi connectivity index (χ3v) is 5.80. The summed E-state index contributed by atoms with van der Waals surface area (Å²) in [6.45, 7) is 8.67. The van der Waals surface area contributed by atoms with Gasteiger partial charge in [-0.05, 0) is 56.9 Å². The molecule has 3 heterocycles. The van der Waals surface area contributed by atoms with Crippen LogP contribution >= 0.6 is 0 Å². The van der Waals surface area contributed by atoms with Crippen molar-refractivity contribution in [3.8, 4) is 0 Å². The van der Waals surface area contributed by atoms with E-state index in [4.69, 9.17) is 0 Å². The SMILES string of the molecule is CCc1ccc2nc(C)cc(C(=O)N3CCCC(c4nccn4CC)C3)c2c1. The Morgan fingerprint density at radius 1 is 1.25 bits per heavy atom. The third-order valence-electron chi connectivity index (χ3n) is 5.80. The molecule has 1 aromatic carbocycles. The summed E-state index contributed by atoms with van der Waals surface area (Å²) in [4.78, 5) is 24.7. The van der Waals surface area contributed by atoms with Gasteiger partial charge in [0.1, 0.15) is 5.82 Å². The number of imidazole rings is 1. The minimum Gasteiger partial charge on any atom is -0.338 e. The topological polar surface area (TPSA) is 51.0 Å². The molecule has 1 aliphatic rings. The van der Waals surface area contributed by atoms with Crippen LogP contribution in [0.3, 0.4) is 0 Å². The molecule has 1 aliphatic heterocycles. The minimum absolute atomic E-state index is 0.114. The summed E-state index contributed by atoms with van der Waals surface area (Å²) in [5.41, 5.74) is 3.79. The highest BCUT2D eigenvalue weighted by molar-refractivity contribution is 6.06. The number of carbonyl (C=O) groups excluding carboxylic acids is 1. The fraction of sp³-hybridized carbons (Fsp3) is 0.435. The number of piperidine rings is 1. The van der Waals surface area contributed by atoms with Gasteiger partial charge in [-0.15, -0.1) is 0 Å². The highest BCUT2D eigenvalue weighted by atomic mass is 16.2. The van der Waals surface area contributed by atoms with Crippen LogP contribution in [-0.4, -0.2) is 38.4 Å². The van der Waals surface area contributed by atoms with Crippen molar-refractivity contribution in [2.45, 2.75) is 52.5 Å². The minimum atomic E-state index is 0.114. The summed E-state index contributed by atoms with van der Waals surface area (Å²) in [5.74, 6) is 1.51. The lowest BCUT2D eigenvalue weighted by Gasteiger charge is -2.33. The molecular formula is C23H28N4O. The second-order valence-electron chi connectivity index (χ2n) is 7.68. The number of pyridine rings is 1. The zero-order valence-corrected chi connectivity index (χ0v) is 17.0. The highest BCUT2D eigenvalue weighted by Crippen LogP contribution is 2.29. The molecule has 0 saturated carbocycles. The average Bonchev–Trinajstić information content (AvgIpc) is 3.21. The predicted molar refractivity (Wildman–Crippen MR) is 112 cm³/mol. The number of aromatic nitrogens is 3. The van der Waals surface area contributed by atoms with Crippen LogP contribution in [0.1, 0.15) is 60.0 Å². The average molecular weight is 377 g/mol. The number of nitrogens with zero attached hydrogens (tertiary/aromatic N) is 4. The molecule has 1 fully saturated rings. The first kappa shape index (κ1) is 18.7. The summed E-state index contributed by atoms with van der Waals surface area (Å²) in [5, 5.41) is 0.965. The summed E-state index contributed by atoms with van der Waals surface area (Å²) in [6, 6.07) is 8.21. The Balaban J connectivity index is 1.67. The van der Waals surface area contributed by atoms with Gasteiger partial charge in [-0.1, -0.05) is 13.0 Å². The molecule has 0 bridgehead atoms. The number of carbonyl (C=O) groups is 1. The second kappa shape index (κ2) is 7.74. The predicted octanol–water partition coefficient (Wildman–Crippen LogP) is 4.34. The number of fused-ring (bicyclic) bond motifs is 1. The Bertz CT molecular complexity index is 1010. The third kappa shape index (κ3) is 3.41. The molecule has 1 atom stereocenters. The van der Waals surface area contributed by atoms with Gasteiger partial charge >= 0.3 is 0 Å². The van der Waals surface area contributed by atoms with Gasteiger partial charge in [0.05, 0.1) is 11.1 Å². The van der Waals surface area contributed by atoms with E-state index >= 15 is 0 Å². The molecule has 0 aliphatic carbocycles. The van der Waals surface area contributed by atoms with Gasteiger partial charge in [-0.2, -0.15) is 0 Å². The quantitative estimate of drug-likeness (QED) is 0.680. The number of aryl methyl sites for hydroxylation is 3. The van der Waals surface area contributed by atoms with E-state index < -0.39 is 0 Å². The molecule has 146 valence electrons. The van der Waals surface area contributed by atoms with E-state index in [-0.39, 0.29) is 5.91 Å². The van der Waals surface area contributed by atoms with E-state index in [9.17, 15) is 4.79 Å². The van der Waals surface area contributed by atoms with Crippen molar-refractivity contribution in [1.29, 1.82) is 0 Å². The van der Waals surface area contributed by atoms with Crippen LogP contribution in [0.4, 0.5) is 0 Å². The Kier molecular flexibility index (Phi) is 5.16. The molecule has 0 N–H and O–H groups in total. The zero-order chi connectivity index (χ0) is 19.7. The van der Waals surface area contributed by atoms with Crippen LogP contribution < -0.4 is 0 Å². The largest absolute Gasteiger partial charge is 0.338 e. The fourth-order valence-corrected chi connectivity index (χ4v) is 4.29. The molecule has 1 saturated heterocycles. The van der Waals surface area contributed by atoms with Gasteiger partial charge in [0.25, 0.3) is 5.91 Å². The molecule has 2 aromatic heterocycles. The molecular weight excluding hydrogens is 348 g/mol. The first-order valence-electron chi connectivity index (χ1n) is 10.3. The highest BCUT2D eigenvalue weighted by Gasteiger charge is 2.28. The van der Waals surface area contributed by atoms with E-state index in [1.807, 2.05) is 36.4 Å². The van der Waals surface area contributed by atoms with Crippen molar-refractivity contribution >= 4 is 16.8 Å².